The Labute approximate surface area is 162 Å². The van der Waals surface area contributed by atoms with Crippen LogP contribution in [-0.2, 0) is 19.4 Å². The molecule has 1 saturated heterocycles. The molecule has 2 atom stereocenters. The molecule has 1 fully saturated rings. The summed E-state index contributed by atoms with van der Waals surface area (Å²) in [5.41, 5.74) is 0.726. The smallest absolute Gasteiger partial charge is 0.238 e. The van der Waals surface area contributed by atoms with Gasteiger partial charge in [0.15, 0.2) is 9.84 Å². The Bertz CT molecular complexity index is 773. The summed E-state index contributed by atoms with van der Waals surface area (Å²) in [5.74, 6) is -0.882. The molecule has 26 heavy (non-hydrogen) atoms. The van der Waals surface area contributed by atoms with E-state index in [4.69, 9.17) is 11.6 Å². The maximum Gasteiger partial charge on any atom is 0.238 e. The molecule has 2 amide bonds. The predicted octanol–water partition coefficient (Wildman–Crippen LogP) is 0.799. The fraction of sp³-hybridized carbons (Fsp3) is 0.500. The zero-order valence-corrected chi connectivity index (χ0v) is 17.0. The Morgan fingerprint density at radius 3 is 2.50 bits per heavy atom. The van der Waals surface area contributed by atoms with Gasteiger partial charge in [-0.2, -0.15) is 0 Å². The molecule has 0 bridgehead atoms. The summed E-state index contributed by atoms with van der Waals surface area (Å²) >= 11 is 7.50. The van der Waals surface area contributed by atoms with Gasteiger partial charge in [-0.3, -0.25) is 14.5 Å². The Kier molecular flexibility index (Phi) is 7.33. The molecule has 0 spiro atoms. The van der Waals surface area contributed by atoms with Crippen LogP contribution < -0.4 is 10.6 Å². The second-order valence-electron chi connectivity index (χ2n) is 6.19. The van der Waals surface area contributed by atoms with Gasteiger partial charge >= 0.3 is 0 Å². The number of para-hydroxylation sites is 1. The van der Waals surface area contributed by atoms with Crippen molar-refractivity contribution < 1.29 is 18.0 Å². The van der Waals surface area contributed by atoms with Gasteiger partial charge in [0.05, 0.1) is 41.7 Å². The molecule has 1 aromatic rings. The summed E-state index contributed by atoms with van der Waals surface area (Å²) in [6, 6.07) is 6.87. The third-order valence-corrected chi connectivity index (χ3v) is 7.01. The van der Waals surface area contributed by atoms with Crippen molar-refractivity contribution in [2.24, 2.45) is 0 Å². The van der Waals surface area contributed by atoms with Gasteiger partial charge in [0, 0.05) is 4.90 Å². The van der Waals surface area contributed by atoms with Crippen LogP contribution in [0.25, 0.3) is 0 Å². The SMILES string of the molecule is CSc1ccccc1NC(=O)CN(C)CC(=O)N[C@@H]1CS(=O)(=O)C[C@@H]1Cl. The predicted molar refractivity (Wildman–Crippen MR) is 105 cm³/mol. The minimum absolute atomic E-state index is 0.0300. The monoisotopic (exact) mass is 419 g/mol. The van der Waals surface area contributed by atoms with Crippen molar-refractivity contribution in [3.05, 3.63) is 24.3 Å². The van der Waals surface area contributed by atoms with E-state index in [2.05, 4.69) is 10.6 Å². The summed E-state index contributed by atoms with van der Waals surface area (Å²) in [7, 11) is -1.56. The number of halogens is 1. The van der Waals surface area contributed by atoms with E-state index < -0.39 is 21.3 Å². The second kappa shape index (κ2) is 9.07. The van der Waals surface area contributed by atoms with Gasteiger partial charge in [-0.1, -0.05) is 12.1 Å². The largest absolute Gasteiger partial charge is 0.350 e. The highest BCUT2D eigenvalue weighted by Crippen LogP contribution is 2.24. The number of nitrogens with one attached hydrogen (secondary N) is 2. The molecule has 1 heterocycles. The standard InChI is InChI=1S/C16H22ClN3O4S2/c1-20(7-15(21)18-12-5-3-4-6-14(12)25-2)8-16(22)19-13-10-26(23,24)9-11(13)17/h3-6,11,13H,7-10H2,1-2H3,(H,18,21)(H,19,22)/t11-,13+/m0/s1. The van der Waals surface area contributed by atoms with Gasteiger partial charge in [-0.25, -0.2) is 8.42 Å². The number of likely N-dealkylation sites (N-methyl/N-ethyl adjacent to an activating group) is 1. The number of nitrogens with zero attached hydrogens (tertiary/aromatic N) is 1. The van der Waals surface area contributed by atoms with Crippen molar-refractivity contribution in [1.29, 1.82) is 0 Å². The fourth-order valence-corrected chi connectivity index (χ4v) is 5.78. The summed E-state index contributed by atoms with van der Waals surface area (Å²) < 4.78 is 23.1. The number of sulfone groups is 1. The minimum atomic E-state index is -3.21. The molecule has 7 nitrogen and oxygen atoms in total. The highest BCUT2D eigenvalue weighted by atomic mass is 35.5. The quantitative estimate of drug-likeness (QED) is 0.501. The minimum Gasteiger partial charge on any atom is -0.350 e. The average Bonchev–Trinajstić information content (AvgIpc) is 2.79. The van der Waals surface area contributed by atoms with E-state index in [1.807, 2.05) is 30.5 Å². The molecule has 1 aliphatic rings. The van der Waals surface area contributed by atoms with Gasteiger partial charge in [-0.15, -0.1) is 23.4 Å². The maximum absolute atomic E-state index is 12.2. The van der Waals surface area contributed by atoms with Crippen LogP contribution in [0.3, 0.4) is 0 Å². The number of anilines is 1. The van der Waals surface area contributed by atoms with Gasteiger partial charge in [0.25, 0.3) is 0 Å². The van der Waals surface area contributed by atoms with Crippen molar-refractivity contribution in [1.82, 2.24) is 10.2 Å². The molecule has 0 saturated carbocycles. The van der Waals surface area contributed by atoms with E-state index in [0.717, 1.165) is 10.6 Å². The van der Waals surface area contributed by atoms with Crippen LogP contribution >= 0.6 is 23.4 Å². The third kappa shape index (κ3) is 6.15. The summed E-state index contributed by atoms with van der Waals surface area (Å²) in [4.78, 5) is 26.7. The van der Waals surface area contributed by atoms with E-state index in [-0.39, 0.29) is 36.4 Å². The second-order valence-corrected chi connectivity index (χ2v) is 9.75. The molecule has 144 valence electrons. The summed E-state index contributed by atoms with van der Waals surface area (Å²) in [6.45, 7) is 0.00115. The summed E-state index contributed by atoms with van der Waals surface area (Å²) in [5, 5.41) is 4.83. The van der Waals surface area contributed by atoms with Gasteiger partial charge in [0.1, 0.15) is 0 Å². The van der Waals surface area contributed by atoms with Crippen LogP contribution in [-0.4, -0.2) is 74.4 Å². The highest BCUT2D eigenvalue weighted by molar-refractivity contribution is 7.98. The van der Waals surface area contributed by atoms with Gasteiger partial charge < -0.3 is 10.6 Å². The van der Waals surface area contributed by atoms with Crippen LogP contribution in [0, 0.1) is 0 Å². The Morgan fingerprint density at radius 2 is 1.88 bits per heavy atom. The molecule has 10 heteroatoms. The van der Waals surface area contributed by atoms with E-state index in [1.54, 1.807) is 11.9 Å². The Balaban J connectivity index is 1.81. The number of carbonyl (C=O) groups is 2. The molecule has 2 N–H and O–H groups in total. The van der Waals surface area contributed by atoms with Crippen LogP contribution in [0.5, 0.6) is 0 Å². The Hall–Kier alpha value is -1.29. The zero-order valence-electron chi connectivity index (χ0n) is 14.6. The van der Waals surface area contributed by atoms with E-state index in [1.165, 1.54) is 11.8 Å². The number of hydrogen-bond acceptors (Lipinski definition) is 6. The van der Waals surface area contributed by atoms with Crippen LogP contribution in [0.15, 0.2) is 29.2 Å². The lowest BCUT2D eigenvalue weighted by molar-refractivity contribution is -0.123. The van der Waals surface area contributed by atoms with E-state index >= 15 is 0 Å². The number of thioether (sulfide) groups is 1. The highest BCUT2D eigenvalue weighted by Gasteiger charge is 2.37. The average molecular weight is 420 g/mol. The molecular weight excluding hydrogens is 398 g/mol. The van der Waals surface area contributed by atoms with Crippen LogP contribution in [0.1, 0.15) is 0 Å². The summed E-state index contributed by atoms with van der Waals surface area (Å²) in [6.07, 6.45) is 1.93. The van der Waals surface area contributed by atoms with E-state index in [9.17, 15) is 18.0 Å². The molecule has 0 aromatic heterocycles. The molecule has 0 radical (unpaired) electrons. The van der Waals surface area contributed by atoms with Crippen molar-refractivity contribution in [2.45, 2.75) is 16.3 Å². The topological polar surface area (TPSA) is 95.6 Å². The molecule has 1 aromatic carbocycles. The van der Waals surface area contributed by atoms with Gasteiger partial charge in [-0.05, 0) is 25.4 Å². The zero-order chi connectivity index (χ0) is 19.3. The third-order valence-electron chi connectivity index (χ3n) is 3.84. The first-order chi connectivity index (χ1) is 12.2. The lowest BCUT2D eigenvalue weighted by atomic mass is 10.2. The lowest BCUT2D eigenvalue weighted by Crippen LogP contribution is -2.46. The van der Waals surface area contributed by atoms with Gasteiger partial charge in [0.2, 0.25) is 11.8 Å². The molecule has 1 aliphatic heterocycles. The number of alkyl halides is 1. The Morgan fingerprint density at radius 1 is 1.23 bits per heavy atom. The van der Waals surface area contributed by atoms with Crippen molar-refractivity contribution in [3.8, 4) is 0 Å². The molecule has 2 rings (SSSR count). The van der Waals surface area contributed by atoms with E-state index in [0.29, 0.717) is 0 Å². The maximum atomic E-state index is 12.2. The first-order valence-electron chi connectivity index (χ1n) is 7.95. The lowest BCUT2D eigenvalue weighted by Gasteiger charge is -2.19. The van der Waals surface area contributed by atoms with Crippen LogP contribution in [0.4, 0.5) is 5.69 Å². The number of rotatable bonds is 7. The fourth-order valence-electron chi connectivity index (χ4n) is 2.67. The number of hydrogen-bond donors (Lipinski definition) is 2. The number of benzene rings is 1. The molecule has 0 aliphatic carbocycles. The first kappa shape index (κ1) is 21.0. The van der Waals surface area contributed by atoms with Crippen LogP contribution in [0.2, 0.25) is 0 Å². The first-order valence-corrected chi connectivity index (χ1v) is 11.4. The van der Waals surface area contributed by atoms with Crippen molar-refractivity contribution in [3.63, 3.8) is 0 Å². The van der Waals surface area contributed by atoms with Crippen molar-refractivity contribution >= 4 is 50.7 Å². The molecular formula is C16H22ClN3O4S2. The van der Waals surface area contributed by atoms with Crippen molar-refractivity contribution in [2.75, 3.05) is 43.2 Å². The normalized spacial score (nSPS) is 21.5. The number of carbonyl (C=O) groups excluding carboxylic acids is 2. The molecule has 0 unspecified atom stereocenters. The number of amides is 2.